The lowest BCUT2D eigenvalue weighted by Crippen LogP contribution is -2.35. The highest BCUT2D eigenvalue weighted by molar-refractivity contribution is 6.33. The predicted octanol–water partition coefficient (Wildman–Crippen LogP) is 1.93. The average molecular weight is 257 g/mol. The summed E-state index contributed by atoms with van der Waals surface area (Å²) in [7, 11) is 0. The lowest BCUT2D eigenvalue weighted by molar-refractivity contribution is -0.385. The molecular formula is C10H13ClN4O2. The number of hydrogen-bond acceptors (Lipinski definition) is 5. The second-order valence-electron chi connectivity index (χ2n) is 4.13. The van der Waals surface area contributed by atoms with Crippen LogP contribution in [0.1, 0.15) is 19.3 Å². The molecule has 0 saturated heterocycles. The van der Waals surface area contributed by atoms with Crippen LogP contribution in [0.5, 0.6) is 0 Å². The van der Waals surface area contributed by atoms with Gasteiger partial charge in [-0.15, -0.1) is 0 Å². The normalized spacial score (nSPS) is 23.6. The minimum atomic E-state index is -0.524. The van der Waals surface area contributed by atoms with Gasteiger partial charge < -0.3 is 11.1 Å². The first-order valence-corrected chi connectivity index (χ1v) is 5.78. The summed E-state index contributed by atoms with van der Waals surface area (Å²) in [6.07, 6.45) is 4.20. The van der Waals surface area contributed by atoms with Crippen molar-refractivity contribution in [1.82, 2.24) is 4.98 Å². The largest absolute Gasteiger partial charge is 0.365 e. The predicted molar refractivity (Wildman–Crippen MR) is 65.1 cm³/mol. The SMILES string of the molecule is NC1CCCC1Nc1ncc([N+](=O)[O-])cc1Cl. The van der Waals surface area contributed by atoms with Crippen molar-refractivity contribution in [3.05, 3.63) is 27.4 Å². The number of nitrogens with one attached hydrogen (secondary N) is 1. The fraction of sp³-hybridized carbons (Fsp3) is 0.500. The van der Waals surface area contributed by atoms with E-state index in [-0.39, 0.29) is 22.8 Å². The smallest absolute Gasteiger partial charge is 0.289 e. The van der Waals surface area contributed by atoms with Crippen LogP contribution in [0.15, 0.2) is 12.3 Å². The van der Waals surface area contributed by atoms with E-state index in [4.69, 9.17) is 17.3 Å². The standard InChI is InChI=1S/C10H13ClN4O2/c11-7-4-6(15(16)17)5-13-10(7)14-9-3-1-2-8(9)12/h4-5,8-9H,1-3,12H2,(H,13,14). The second kappa shape index (κ2) is 4.85. The topological polar surface area (TPSA) is 94.1 Å². The summed E-state index contributed by atoms with van der Waals surface area (Å²) in [6, 6.07) is 1.52. The maximum Gasteiger partial charge on any atom is 0.289 e. The van der Waals surface area contributed by atoms with E-state index in [0.29, 0.717) is 5.82 Å². The van der Waals surface area contributed by atoms with Gasteiger partial charge in [-0.25, -0.2) is 4.98 Å². The monoisotopic (exact) mass is 256 g/mol. The van der Waals surface area contributed by atoms with Gasteiger partial charge in [0.1, 0.15) is 12.0 Å². The average Bonchev–Trinajstić information content (AvgIpc) is 2.67. The van der Waals surface area contributed by atoms with E-state index in [9.17, 15) is 10.1 Å². The third kappa shape index (κ3) is 2.65. The zero-order valence-corrected chi connectivity index (χ0v) is 9.85. The Hall–Kier alpha value is -1.40. The van der Waals surface area contributed by atoms with Gasteiger partial charge in [0.25, 0.3) is 5.69 Å². The maximum absolute atomic E-state index is 10.5. The fourth-order valence-corrected chi connectivity index (χ4v) is 2.19. The number of pyridine rings is 1. The molecule has 1 aromatic rings. The maximum atomic E-state index is 10.5. The van der Waals surface area contributed by atoms with E-state index in [1.807, 2.05) is 0 Å². The van der Waals surface area contributed by atoms with Crippen molar-refractivity contribution in [3.8, 4) is 0 Å². The number of halogens is 1. The summed E-state index contributed by atoms with van der Waals surface area (Å²) in [6.45, 7) is 0. The molecule has 1 fully saturated rings. The van der Waals surface area contributed by atoms with Crippen LogP contribution < -0.4 is 11.1 Å². The van der Waals surface area contributed by atoms with Gasteiger partial charge >= 0.3 is 0 Å². The van der Waals surface area contributed by atoms with Crippen LogP contribution in [0.4, 0.5) is 11.5 Å². The zero-order valence-electron chi connectivity index (χ0n) is 9.10. The molecule has 1 heterocycles. The van der Waals surface area contributed by atoms with E-state index in [2.05, 4.69) is 10.3 Å². The van der Waals surface area contributed by atoms with Gasteiger partial charge in [-0.05, 0) is 19.3 Å². The molecule has 0 amide bonds. The van der Waals surface area contributed by atoms with E-state index in [1.54, 1.807) is 0 Å². The third-order valence-corrected chi connectivity index (χ3v) is 3.22. The Bertz CT molecular complexity index is 440. The van der Waals surface area contributed by atoms with Gasteiger partial charge in [0.15, 0.2) is 0 Å². The number of hydrogen-bond donors (Lipinski definition) is 2. The van der Waals surface area contributed by atoms with Crippen LogP contribution in [-0.4, -0.2) is 22.0 Å². The van der Waals surface area contributed by atoms with Gasteiger partial charge in [-0.2, -0.15) is 0 Å². The van der Waals surface area contributed by atoms with Crippen molar-refractivity contribution in [2.45, 2.75) is 31.3 Å². The summed E-state index contributed by atoms with van der Waals surface area (Å²) in [4.78, 5) is 14.0. The summed E-state index contributed by atoms with van der Waals surface area (Å²) < 4.78 is 0. The van der Waals surface area contributed by atoms with Gasteiger partial charge in [0.05, 0.1) is 9.95 Å². The Balaban J connectivity index is 2.14. The Morgan fingerprint density at radius 2 is 2.35 bits per heavy atom. The Kier molecular flexibility index (Phi) is 3.44. The zero-order chi connectivity index (χ0) is 12.4. The fourth-order valence-electron chi connectivity index (χ4n) is 1.98. The van der Waals surface area contributed by atoms with Crippen LogP contribution >= 0.6 is 11.6 Å². The molecule has 17 heavy (non-hydrogen) atoms. The lowest BCUT2D eigenvalue weighted by atomic mass is 10.2. The van der Waals surface area contributed by atoms with Crippen molar-refractivity contribution in [2.24, 2.45) is 5.73 Å². The Morgan fingerprint density at radius 1 is 1.59 bits per heavy atom. The van der Waals surface area contributed by atoms with Crippen molar-refractivity contribution in [1.29, 1.82) is 0 Å². The molecule has 3 N–H and O–H groups in total. The molecular weight excluding hydrogens is 244 g/mol. The first-order chi connectivity index (χ1) is 8.08. The van der Waals surface area contributed by atoms with E-state index < -0.39 is 4.92 Å². The molecule has 1 aliphatic carbocycles. The van der Waals surface area contributed by atoms with E-state index >= 15 is 0 Å². The molecule has 0 aliphatic heterocycles. The van der Waals surface area contributed by atoms with Crippen LogP contribution in [0, 0.1) is 10.1 Å². The number of nitro groups is 1. The molecule has 2 atom stereocenters. The molecule has 0 aromatic carbocycles. The summed E-state index contributed by atoms with van der Waals surface area (Å²) >= 11 is 5.93. The molecule has 1 aliphatic rings. The van der Waals surface area contributed by atoms with Gasteiger partial charge in [0, 0.05) is 18.2 Å². The first kappa shape index (κ1) is 12.1. The highest BCUT2D eigenvalue weighted by atomic mass is 35.5. The third-order valence-electron chi connectivity index (χ3n) is 2.93. The van der Waals surface area contributed by atoms with Crippen LogP contribution in [-0.2, 0) is 0 Å². The molecule has 2 rings (SSSR count). The molecule has 1 aromatic heterocycles. The second-order valence-corrected chi connectivity index (χ2v) is 4.53. The number of aromatic nitrogens is 1. The lowest BCUT2D eigenvalue weighted by Gasteiger charge is -2.18. The molecule has 2 unspecified atom stereocenters. The Labute approximate surface area is 103 Å². The van der Waals surface area contributed by atoms with Gasteiger partial charge in [0.2, 0.25) is 0 Å². The van der Waals surface area contributed by atoms with Crippen molar-refractivity contribution in [3.63, 3.8) is 0 Å². The van der Waals surface area contributed by atoms with Crippen molar-refractivity contribution < 1.29 is 4.92 Å². The molecule has 1 saturated carbocycles. The molecule has 0 bridgehead atoms. The highest BCUT2D eigenvalue weighted by Crippen LogP contribution is 2.27. The summed E-state index contributed by atoms with van der Waals surface area (Å²) in [5, 5.41) is 13.9. The molecule has 7 heteroatoms. The summed E-state index contributed by atoms with van der Waals surface area (Å²) in [5.74, 6) is 0.458. The van der Waals surface area contributed by atoms with Crippen LogP contribution in [0.25, 0.3) is 0 Å². The molecule has 6 nitrogen and oxygen atoms in total. The number of nitrogens with two attached hydrogens (primary N) is 1. The van der Waals surface area contributed by atoms with Gasteiger partial charge in [-0.1, -0.05) is 11.6 Å². The minimum absolute atomic E-state index is 0.0862. The van der Waals surface area contributed by atoms with Crippen LogP contribution in [0.3, 0.4) is 0 Å². The van der Waals surface area contributed by atoms with Gasteiger partial charge in [-0.3, -0.25) is 10.1 Å². The number of rotatable bonds is 3. The quantitative estimate of drug-likeness (QED) is 0.637. The van der Waals surface area contributed by atoms with Crippen LogP contribution in [0.2, 0.25) is 5.02 Å². The first-order valence-electron chi connectivity index (χ1n) is 5.40. The minimum Gasteiger partial charge on any atom is -0.365 e. The molecule has 0 radical (unpaired) electrons. The molecule has 0 spiro atoms. The van der Waals surface area contributed by atoms with Crippen molar-refractivity contribution >= 4 is 23.1 Å². The summed E-state index contributed by atoms with van der Waals surface area (Å²) in [5.41, 5.74) is 5.80. The van der Waals surface area contributed by atoms with E-state index in [0.717, 1.165) is 19.3 Å². The Morgan fingerprint density at radius 3 is 2.88 bits per heavy atom. The van der Waals surface area contributed by atoms with E-state index in [1.165, 1.54) is 12.3 Å². The number of anilines is 1. The van der Waals surface area contributed by atoms with Crippen molar-refractivity contribution in [2.75, 3.05) is 5.32 Å². The highest BCUT2D eigenvalue weighted by Gasteiger charge is 2.25. The number of nitrogens with zero attached hydrogens (tertiary/aromatic N) is 2. The molecule has 92 valence electrons.